The minimum Gasteiger partial charge on any atom is -0.486 e. The number of Topliss-reactive ketones (excluding diaryl/α,β-unsaturated/α-hetero) is 1. The van der Waals surface area contributed by atoms with Crippen molar-refractivity contribution in [2.75, 3.05) is 6.61 Å². The third-order valence-electron chi connectivity index (χ3n) is 5.91. The van der Waals surface area contributed by atoms with Gasteiger partial charge in [0.1, 0.15) is 29.4 Å². The number of ether oxygens (including phenoxy) is 1. The van der Waals surface area contributed by atoms with E-state index >= 15 is 0 Å². The van der Waals surface area contributed by atoms with E-state index in [1.807, 2.05) is 6.07 Å². The van der Waals surface area contributed by atoms with Crippen LogP contribution in [0.25, 0.3) is 5.65 Å². The Morgan fingerprint density at radius 3 is 2.58 bits per heavy atom. The van der Waals surface area contributed by atoms with E-state index in [1.54, 1.807) is 18.2 Å². The van der Waals surface area contributed by atoms with Crippen LogP contribution in [0.1, 0.15) is 50.3 Å². The van der Waals surface area contributed by atoms with Crippen LogP contribution in [0.2, 0.25) is 0 Å². The summed E-state index contributed by atoms with van der Waals surface area (Å²) in [6.45, 7) is 1.02. The summed E-state index contributed by atoms with van der Waals surface area (Å²) in [6.07, 6.45) is 3.00. The molecule has 5 rings (SSSR count). The zero-order valence-corrected chi connectivity index (χ0v) is 20.2. The van der Waals surface area contributed by atoms with Gasteiger partial charge in [0.25, 0.3) is 17.7 Å². The number of pyridine rings is 1. The molecule has 2 N–H and O–H groups in total. The number of alkyl halides is 2. The summed E-state index contributed by atoms with van der Waals surface area (Å²) < 4.78 is 33.4. The van der Waals surface area contributed by atoms with Crippen LogP contribution < -0.4 is 15.4 Å². The lowest BCUT2D eigenvalue weighted by Crippen LogP contribution is -2.28. The Morgan fingerprint density at radius 2 is 1.82 bits per heavy atom. The SMILES string of the molecule is CC(F)(F)c1ccc(CNC(=O)c2cc(C(=O)NCc3ccc4c(c3)CC(=O)CO4)nc3ccnn23)cn1. The molecular formula is C26H22F2N6O4. The van der Waals surface area contributed by atoms with Gasteiger partial charge in [-0.15, -0.1) is 0 Å². The standard InChI is InChI=1S/C26H22F2N6O4/c1-26(27,28)22-5-3-16(12-29-22)13-31-25(37)20-10-19(33-23-6-7-32-34(20)23)24(36)30-11-15-2-4-21-17(8-15)9-18(35)14-38-21/h2-8,10,12H,9,11,13-14H2,1H3,(H,30,36)(H,31,37). The minimum absolute atomic E-state index is 0.0100. The maximum absolute atomic E-state index is 13.4. The summed E-state index contributed by atoms with van der Waals surface area (Å²) in [4.78, 5) is 45.6. The predicted molar refractivity (Wildman–Crippen MR) is 130 cm³/mol. The Hall–Kier alpha value is -4.74. The monoisotopic (exact) mass is 520 g/mol. The van der Waals surface area contributed by atoms with E-state index in [2.05, 4.69) is 25.7 Å². The molecule has 0 saturated carbocycles. The molecule has 0 atom stereocenters. The molecule has 0 bridgehead atoms. The Balaban J connectivity index is 1.28. The number of carbonyl (C=O) groups excluding carboxylic acids is 3. The van der Waals surface area contributed by atoms with Gasteiger partial charge in [0.05, 0.1) is 6.20 Å². The fourth-order valence-corrected chi connectivity index (χ4v) is 3.97. The summed E-state index contributed by atoms with van der Waals surface area (Å²) in [5, 5.41) is 9.56. The van der Waals surface area contributed by atoms with Crippen LogP contribution in [0.3, 0.4) is 0 Å². The minimum atomic E-state index is -3.06. The van der Waals surface area contributed by atoms with Crippen LogP contribution in [0.15, 0.2) is 54.9 Å². The molecule has 0 spiro atoms. The number of ketones is 1. The third kappa shape index (κ3) is 5.33. The average molecular weight is 520 g/mol. The predicted octanol–water partition coefficient (Wildman–Crippen LogP) is 2.60. The molecule has 4 heterocycles. The molecule has 10 nitrogen and oxygen atoms in total. The number of benzene rings is 1. The summed E-state index contributed by atoms with van der Waals surface area (Å²) in [5.41, 5.74) is 2.07. The van der Waals surface area contributed by atoms with Crippen LogP contribution in [-0.2, 0) is 30.2 Å². The highest BCUT2D eigenvalue weighted by molar-refractivity contribution is 5.98. The van der Waals surface area contributed by atoms with E-state index in [0.29, 0.717) is 17.0 Å². The van der Waals surface area contributed by atoms with E-state index in [9.17, 15) is 23.2 Å². The number of hydrogen-bond donors (Lipinski definition) is 2. The van der Waals surface area contributed by atoms with E-state index in [0.717, 1.165) is 18.1 Å². The van der Waals surface area contributed by atoms with Gasteiger partial charge >= 0.3 is 0 Å². The molecule has 194 valence electrons. The Morgan fingerprint density at radius 1 is 1.05 bits per heavy atom. The summed E-state index contributed by atoms with van der Waals surface area (Å²) in [7, 11) is 0. The number of carbonyl (C=O) groups is 3. The van der Waals surface area contributed by atoms with Crippen molar-refractivity contribution in [3.8, 4) is 5.75 Å². The normalized spacial score (nSPS) is 13.1. The van der Waals surface area contributed by atoms with Crippen molar-refractivity contribution in [2.45, 2.75) is 32.4 Å². The largest absolute Gasteiger partial charge is 0.486 e. The van der Waals surface area contributed by atoms with E-state index in [4.69, 9.17) is 4.74 Å². The lowest BCUT2D eigenvalue weighted by Gasteiger charge is -2.17. The van der Waals surface area contributed by atoms with Crippen molar-refractivity contribution < 1.29 is 27.9 Å². The molecule has 0 radical (unpaired) electrons. The molecule has 1 aliphatic rings. The first kappa shape index (κ1) is 24.9. The van der Waals surface area contributed by atoms with Gasteiger partial charge in [0.15, 0.2) is 11.4 Å². The lowest BCUT2D eigenvalue weighted by molar-refractivity contribution is -0.121. The van der Waals surface area contributed by atoms with Crippen molar-refractivity contribution in [1.29, 1.82) is 0 Å². The van der Waals surface area contributed by atoms with Crippen LogP contribution >= 0.6 is 0 Å². The van der Waals surface area contributed by atoms with Crippen LogP contribution in [0.4, 0.5) is 8.78 Å². The zero-order chi connectivity index (χ0) is 26.9. The van der Waals surface area contributed by atoms with Gasteiger partial charge < -0.3 is 15.4 Å². The van der Waals surface area contributed by atoms with Crippen LogP contribution in [-0.4, -0.2) is 43.8 Å². The number of nitrogens with one attached hydrogen (secondary N) is 2. The third-order valence-corrected chi connectivity index (χ3v) is 5.91. The van der Waals surface area contributed by atoms with E-state index in [-0.39, 0.29) is 49.0 Å². The first-order chi connectivity index (χ1) is 18.2. The van der Waals surface area contributed by atoms with Crippen LogP contribution in [0, 0.1) is 0 Å². The fourth-order valence-electron chi connectivity index (χ4n) is 3.97. The van der Waals surface area contributed by atoms with Gasteiger partial charge in [-0.2, -0.15) is 13.9 Å². The smallest absolute Gasteiger partial charge is 0.286 e. The lowest BCUT2D eigenvalue weighted by atomic mass is 10.0. The van der Waals surface area contributed by atoms with Crippen molar-refractivity contribution in [3.63, 3.8) is 0 Å². The average Bonchev–Trinajstić information content (AvgIpc) is 3.38. The number of rotatable bonds is 7. The van der Waals surface area contributed by atoms with E-state index in [1.165, 1.54) is 35.1 Å². The van der Waals surface area contributed by atoms with Gasteiger partial charge in [-0.25, -0.2) is 9.50 Å². The molecule has 12 heteroatoms. The molecule has 1 aromatic carbocycles. The van der Waals surface area contributed by atoms with Gasteiger partial charge in [0, 0.05) is 50.3 Å². The molecule has 2 amide bonds. The van der Waals surface area contributed by atoms with Crippen molar-refractivity contribution >= 4 is 23.2 Å². The highest BCUT2D eigenvalue weighted by Crippen LogP contribution is 2.25. The number of fused-ring (bicyclic) bond motifs is 2. The van der Waals surface area contributed by atoms with Crippen LogP contribution in [0.5, 0.6) is 5.75 Å². The molecule has 3 aromatic heterocycles. The second-order valence-electron chi connectivity index (χ2n) is 8.88. The highest BCUT2D eigenvalue weighted by Gasteiger charge is 2.25. The van der Waals surface area contributed by atoms with Gasteiger partial charge in [0.2, 0.25) is 0 Å². The maximum Gasteiger partial charge on any atom is 0.286 e. The van der Waals surface area contributed by atoms with E-state index < -0.39 is 17.7 Å². The second kappa shape index (κ2) is 9.96. The molecule has 0 saturated heterocycles. The maximum atomic E-state index is 13.4. The first-order valence-corrected chi connectivity index (χ1v) is 11.7. The summed E-state index contributed by atoms with van der Waals surface area (Å²) >= 11 is 0. The Kier molecular flexibility index (Phi) is 6.53. The van der Waals surface area contributed by atoms with Gasteiger partial charge in [-0.05, 0) is 29.3 Å². The number of halogens is 2. The second-order valence-corrected chi connectivity index (χ2v) is 8.88. The number of amides is 2. The molecular weight excluding hydrogens is 498 g/mol. The Bertz CT molecular complexity index is 1550. The molecule has 0 unspecified atom stereocenters. The number of hydrogen-bond acceptors (Lipinski definition) is 7. The molecule has 0 aliphatic carbocycles. The van der Waals surface area contributed by atoms with Gasteiger partial charge in [-0.3, -0.25) is 19.4 Å². The van der Waals surface area contributed by atoms with Crippen molar-refractivity contribution in [3.05, 3.63) is 88.6 Å². The zero-order valence-electron chi connectivity index (χ0n) is 20.2. The number of aromatic nitrogens is 4. The van der Waals surface area contributed by atoms with Gasteiger partial charge in [-0.1, -0.05) is 12.1 Å². The topological polar surface area (TPSA) is 128 Å². The molecule has 1 aliphatic heterocycles. The summed E-state index contributed by atoms with van der Waals surface area (Å²) in [5.74, 6) is -3.47. The summed E-state index contributed by atoms with van der Waals surface area (Å²) in [6, 6.07) is 10.9. The number of nitrogens with zero attached hydrogens (tertiary/aromatic N) is 4. The molecule has 38 heavy (non-hydrogen) atoms. The molecule has 4 aromatic rings. The Labute approximate surface area is 215 Å². The molecule has 0 fully saturated rings. The quantitative estimate of drug-likeness (QED) is 0.383. The van der Waals surface area contributed by atoms with Crippen molar-refractivity contribution in [2.24, 2.45) is 0 Å². The van der Waals surface area contributed by atoms with Crippen molar-refractivity contribution in [1.82, 2.24) is 30.2 Å². The highest BCUT2D eigenvalue weighted by atomic mass is 19.3. The first-order valence-electron chi connectivity index (χ1n) is 11.7. The fraction of sp³-hybridized carbons (Fsp3) is 0.231.